The number of hydrogen-bond donors (Lipinski definition) is 1. The molecule has 0 aliphatic carbocycles. The van der Waals surface area contributed by atoms with Gasteiger partial charge in [0, 0.05) is 27.8 Å². The number of benzene rings is 2. The minimum Gasteiger partial charge on any atom is -0.325 e. The van der Waals surface area contributed by atoms with E-state index < -0.39 is 17.1 Å². The van der Waals surface area contributed by atoms with Crippen molar-refractivity contribution < 1.29 is 14.4 Å². The highest BCUT2D eigenvalue weighted by Crippen LogP contribution is 2.34. The van der Waals surface area contributed by atoms with E-state index in [1.165, 1.54) is 0 Å². The van der Waals surface area contributed by atoms with Gasteiger partial charge in [0.2, 0.25) is 5.91 Å². The van der Waals surface area contributed by atoms with Crippen molar-refractivity contribution in [2.75, 3.05) is 11.9 Å². The van der Waals surface area contributed by atoms with Crippen molar-refractivity contribution in [3.63, 3.8) is 0 Å². The third kappa shape index (κ3) is 4.89. The van der Waals surface area contributed by atoms with Gasteiger partial charge in [0.05, 0.1) is 4.91 Å². The first-order valence-corrected chi connectivity index (χ1v) is 11.5. The summed E-state index contributed by atoms with van der Waals surface area (Å²) in [5, 5.41) is 2.88. The van der Waals surface area contributed by atoms with Crippen molar-refractivity contribution >= 4 is 52.2 Å². The Labute approximate surface area is 201 Å². The third-order valence-electron chi connectivity index (χ3n) is 5.33. The van der Waals surface area contributed by atoms with E-state index in [-0.39, 0.29) is 11.4 Å². The molecule has 3 amide bonds. The van der Waals surface area contributed by atoms with Gasteiger partial charge in [-0.15, -0.1) is 0 Å². The van der Waals surface area contributed by atoms with Gasteiger partial charge in [0.15, 0.2) is 0 Å². The summed E-state index contributed by atoms with van der Waals surface area (Å²) in [6.07, 6.45) is 1.70. The molecule has 1 saturated heterocycles. The van der Waals surface area contributed by atoms with E-state index in [4.69, 9.17) is 11.6 Å². The number of thioether (sulfide) groups is 1. The van der Waals surface area contributed by atoms with E-state index in [1.54, 1.807) is 18.2 Å². The zero-order chi connectivity index (χ0) is 23.7. The van der Waals surface area contributed by atoms with Gasteiger partial charge in [0.1, 0.15) is 6.54 Å². The van der Waals surface area contributed by atoms with Crippen LogP contribution in [0.5, 0.6) is 0 Å². The van der Waals surface area contributed by atoms with Crippen LogP contribution in [0.2, 0.25) is 5.02 Å². The molecule has 6 nitrogen and oxygen atoms in total. The smallest absolute Gasteiger partial charge is 0.294 e. The molecule has 0 unspecified atom stereocenters. The molecule has 0 saturated carbocycles. The first-order valence-electron chi connectivity index (χ1n) is 10.3. The summed E-state index contributed by atoms with van der Waals surface area (Å²) >= 11 is 6.98. The molecule has 1 aliphatic heterocycles. The lowest BCUT2D eigenvalue weighted by Crippen LogP contribution is -2.36. The summed E-state index contributed by atoms with van der Waals surface area (Å²) < 4.78 is 2.04. The summed E-state index contributed by atoms with van der Waals surface area (Å²) in [5.74, 6) is -0.904. The number of aryl methyl sites for hydroxylation is 2. The number of nitrogens with zero attached hydrogens (tertiary/aromatic N) is 2. The second kappa shape index (κ2) is 9.29. The molecule has 1 aliphatic rings. The van der Waals surface area contributed by atoms with Crippen molar-refractivity contribution in [3.8, 4) is 5.69 Å². The lowest BCUT2D eigenvalue weighted by Gasteiger charge is -2.12. The Kier molecular flexibility index (Phi) is 6.44. The summed E-state index contributed by atoms with van der Waals surface area (Å²) in [6.45, 7) is 5.52. The fourth-order valence-corrected chi connectivity index (χ4v) is 4.72. The molecule has 0 spiro atoms. The SMILES string of the molecule is Cc1ccc(NC(=O)CN2C(=O)S/C(=C\c3cc(C)n(-c4cccc(Cl)c4)c3C)C2=O)cc1. The number of carbonyl (C=O) groups is 3. The fourth-order valence-electron chi connectivity index (χ4n) is 3.70. The quantitative estimate of drug-likeness (QED) is 0.474. The summed E-state index contributed by atoms with van der Waals surface area (Å²) in [4.78, 5) is 39.0. The van der Waals surface area contributed by atoms with Gasteiger partial charge >= 0.3 is 0 Å². The number of amides is 3. The Bertz CT molecular complexity index is 1290. The fraction of sp³-hybridized carbons (Fsp3) is 0.160. The van der Waals surface area contributed by atoms with Crippen LogP contribution in [0.25, 0.3) is 11.8 Å². The molecule has 2 aromatic carbocycles. The predicted octanol–water partition coefficient (Wildman–Crippen LogP) is 5.73. The maximum Gasteiger partial charge on any atom is 0.294 e. The molecular weight excluding hydrogens is 458 g/mol. The van der Waals surface area contributed by atoms with E-state index >= 15 is 0 Å². The van der Waals surface area contributed by atoms with Crippen LogP contribution in [0.3, 0.4) is 0 Å². The highest BCUT2D eigenvalue weighted by atomic mass is 35.5. The van der Waals surface area contributed by atoms with Crippen LogP contribution < -0.4 is 5.32 Å². The topological polar surface area (TPSA) is 71.4 Å². The number of hydrogen-bond acceptors (Lipinski definition) is 4. The van der Waals surface area contributed by atoms with E-state index in [0.29, 0.717) is 10.7 Å². The van der Waals surface area contributed by atoms with Crippen LogP contribution in [0, 0.1) is 20.8 Å². The lowest BCUT2D eigenvalue weighted by molar-refractivity contribution is -0.127. The van der Waals surface area contributed by atoms with Gasteiger partial charge in [0.25, 0.3) is 11.1 Å². The second-order valence-electron chi connectivity index (χ2n) is 7.82. The van der Waals surface area contributed by atoms with Crippen molar-refractivity contribution in [2.24, 2.45) is 0 Å². The average Bonchev–Trinajstić information content (AvgIpc) is 3.19. The Balaban J connectivity index is 1.53. The highest BCUT2D eigenvalue weighted by molar-refractivity contribution is 8.18. The number of halogens is 1. The van der Waals surface area contributed by atoms with Gasteiger partial charge in [-0.05, 0) is 80.6 Å². The normalized spacial score (nSPS) is 14.9. The predicted molar refractivity (Wildman–Crippen MR) is 133 cm³/mol. The minimum atomic E-state index is -0.475. The second-order valence-corrected chi connectivity index (χ2v) is 9.25. The minimum absolute atomic E-state index is 0.287. The molecule has 0 atom stereocenters. The first-order chi connectivity index (χ1) is 15.7. The standard InChI is InChI=1S/C25H22ClN3O3S/c1-15-7-9-20(10-8-15)27-23(30)14-28-24(31)22(33-25(28)32)12-18-11-16(2)29(17(18)3)21-6-4-5-19(26)13-21/h4-13H,14H2,1-3H3,(H,27,30)/b22-12-. The van der Waals surface area contributed by atoms with Crippen molar-refractivity contribution in [1.29, 1.82) is 0 Å². The van der Waals surface area contributed by atoms with Crippen LogP contribution in [-0.4, -0.2) is 33.1 Å². The number of carbonyl (C=O) groups excluding carboxylic acids is 3. The Morgan fingerprint density at radius 2 is 1.79 bits per heavy atom. The molecule has 0 bridgehead atoms. The van der Waals surface area contributed by atoms with Crippen LogP contribution in [0.15, 0.2) is 59.5 Å². The van der Waals surface area contributed by atoms with E-state index in [1.807, 2.05) is 67.8 Å². The number of nitrogens with one attached hydrogen (secondary N) is 1. The van der Waals surface area contributed by atoms with Gasteiger partial charge in [-0.3, -0.25) is 19.3 Å². The van der Waals surface area contributed by atoms with Crippen molar-refractivity contribution in [1.82, 2.24) is 9.47 Å². The Morgan fingerprint density at radius 3 is 2.48 bits per heavy atom. The number of aromatic nitrogens is 1. The van der Waals surface area contributed by atoms with Gasteiger partial charge in [-0.25, -0.2) is 0 Å². The van der Waals surface area contributed by atoms with Crippen LogP contribution in [0.1, 0.15) is 22.5 Å². The summed E-state index contributed by atoms with van der Waals surface area (Å²) in [5.41, 5.74) is 5.30. The lowest BCUT2D eigenvalue weighted by atomic mass is 10.2. The van der Waals surface area contributed by atoms with Crippen molar-refractivity contribution in [3.05, 3.63) is 87.0 Å². The highest BCUT2D eigenvalue weighted by Gasteiger charge is 2.36. The van der Waals surface area contributed by atoms with E-state index in [9.17, 15) is 14.4 Å². The molecule has 1 N–H and O–H groups in total. The summed E-state index contributed by atoms with van der Waals surface area (Å²) in [6, 6.07) is 16.8. The molecule has 3 aromatic rings. The molecular formula is C25H22ClN3O3S. The van der Waals surface area contributed by atoms with Crippen LogP contribution in [0.4, 0.5) is 10.5 Å². The maximum absolute atomic E-state index is 12.9. The molecule has 33 heavy (non-hydrogen) atoms. The molecule has 8 heteroatoms. The first kappa shape index (κ1) is 22.9. The molecule has 0 radical (unpaired) electrons. The van der Waals surface area contributed by atoms with Gasteiger partial charge in [-0.1, -0.05) is 35.4 Å². The molecule has 4 rings (SSSR count). The zero-order valence-electron chi connectivity index (χ0n) is 18.4. The largest absolute Gasteiger partial charge is 0.325 e. The molecule has 1 aromatic heterocycles. The number of rotatable bonds is 5. The van der Waals surface area contributed by atoms with E-state index in [0.717, 1.165) is 44.9 Å². The Morgan fingerprint density at radius 1 is 1.06 bits per heavy atom. The Hall–Kier alpha value is -3.29. The number of imide groups is 1. The molecule has 2 heterocycles. The zero-order valence-corrected chi connectivity index (χ0v) is 20.0. The van der Waals surface area contributed by atoms with Crippen LogP contribution >= 0.6 is 23.4 Å². The van der Waals surface area contributed by atoms with Crippen molar-refractivity contribution in [2.45, 2.75) is 20.8 Å². The molecule has 168 valence electrons. The number of anilines is 1. The monoisotopic (exact) mass is 479 g/mol. The molecule has 1 fully saturated rings. The maximum atomic E-state index is 12.9. The summed E-state index contributed by atoms with van der Waals surface area (Å²) in [7, 11) is 0. The third-order valence-corrected chi connectivity index (χ3v) is 6.48. The van der Waals surface area contributed by atoms with Crippen LogP contribution in [-0.2, 0) is 9.59 Å². The van der Waals surface area contributed by atoms with Gasteiger partial charge < -0.3 is 9.88 Å². The van der Waals surface area contributed by atoms with E-state index in [2.05, 4.69) is 5.32 Å². The van der Waals surface area contributed by atoms with Gasteiger partial charge in [-0.2, -0.15) is 0 Å². The average molecular weight is 480 g/mol.